The van der Waals surface area contributed by atoms with Crippen molar-refractivity contribution in [3.05, 3.63) is 64.7 Å². The summed E-state index contributed by atoms with van der Waals surface area (Å²) in [4.78, 5) is 0. The molecule has 1 aliphatic rings. The van der Waals surface area contributed by atoms with E-state index in [0.717, 1.165) is 12.8 Å². The molecule has 0 aromatic heterocycles. The molecule has 0 bridgehead atoms. The fourth-order valence-electron chi connectivity index (χ4n) is 2.92. The van der Waals surface area contributed by atoms with Gasteiger partial charge in [0.15, 0.2) is 0 Å². The van der Waals surface area contributed by atoms with Gasteiger partial charge in [-0.1, -0.05) is 36.4 Å². The summed E-state index contributed by atoms with van der Waals surface area (Å²) in [6, 6.07) is 15.8. The standard InChI is InChI=1S/C17H19N/c1-12-6-5-7-13(2)16(12)11-15-10-14-8-3-4-9-17(14)18-15/h3-9,15,18H,10-11H2,1-2H3. The lowest BCUT2D eigenvalue weighted by molar-refractivity contribution is 0.739. The van der Waals surface area contributed by atoms with Crippen LogP contribution in [0.4, 0.5) is 5.69 Å². The molecule has 2 aromatic carbocycles. The number of aryl methyl sites for hydroxylation is 2. The predicted molar refractivity (Wildman–Crippen MR) is 77.2 cm³/mol. The molecule has 1 nitrogen and oxygen atoms in total. The van der Waals surface area contributed by atoms with E-state index in [1.54, 1.807) is 0 Å². The summed E-state index contributed by atoms with van der Waals surface area (Å²) in [6.45, 7) is 4.43. The summed E-state index contributed by atoms with van der Waals surface area (Å²) in [5, 5.41) is 3.64. The van der Waals surface area contributed by atoms with E-state index in [-0.39, 0.29) is 0 Å². The highest BCUT2D eigenvalue weighted by Gasteiger charge is 2.21. The maximum atomic E-state index is 3.64. The molecule has 0 spiro atoms. The normalized spacial score (nSPS) is 17.3. The Bertz CT molecular complexity index is 526. The Morgan fingerprint density at radius 2 is 1.72 bits per heavy atom. The van der Waals surface area contributed by atoms with Gasteiger partial charge in [0.25, 0.3) is 0 Å². The van der Waals surface area contributed by atoms with Crippen LogP contribution in [0, 0.1) is 13.8 Å². The number of nitrogens with one attached hydrogen (secondary N) is 1. The lowest BCUT2D eigenvalue weighted by Crippen LogP contribution is -2.19. The summed E-state index contributed by atoms with van der Waals surface area (Å²) in [6.07, 6.45) is 2.26. The summed E-state index contributed by atoms with van der Waals surface area (Å²) >= 11 is 0. The summed E-state index contributed by atoms with van der Waals surface area (Å²) < 4.78 is 0. The van der Waals surface area contributed by atoms with Gasteiger partial charge in [0.2, 0.25) is 0 Å². The van der Waals surface area contributed by atoms with E-state index >= 15 is 0 Å². The first-order chi connectivity index (χ1) is 8.74. The molecule has 1 atom stereocenters. The van der Waals surface area contributed by atoms with Gasteiger partial charge in [-0.25, -0.2) is 0 Å². The quantitative estimate of drug-likeness (QED) is 0.835. The average Bonchev–Trinajstić information content (AvgIpc) is 2.76. The molecule has 1 heterocycles. The van der Waals surface area contributed by atoms with Crippen molar-refractivity contribution in [2.24, 2.45) is 0 Å². The molecule has 1 aliphatic heterocycles. The Morgan fingerprint density at radius 1 is 1.00 bits per heavy atom. The highest BCUT2D eigenvalue weighted by atomic mass is 14.9. The monoisotopic (exact) mass is 237 g/mol. The minimum Gasteiger partial charge on any atom is -0.381 e. The zero-order chi connectivity index (χ0) is 12.5. The largest absolute Gasteiger partial charge is 0.381 e. The third-order valence-electron chi connectivity index (χ3n) is 3.94. The molecule has 0 fully saturated rings. The molecule has 0 aliphatic carbocycles. The smallest absolute Gasteiger partial charge is 0.0375 e. The van der Waals surface area contributed by atoms with Gasteiger partial charge in [-0.2, -0.15) is 0 Å². The van der Waals surface area contributed by atoms with Gasteiger partial charge in [0.05, 0.1) is 0 Å². The van der Waals surface area contributed by atoms with Gasteiger partial charge in [0, 0.05) is 11.7 Å². The molecule has 18 heavy (non-hydrogen) atoms. The van der Waals surface area contributed by atoms with Crippen LogP contribution in [0.15, 0.2) is 42.5 Å². The summed E-state index contributed by atoms with van der Waals surface area (Å²) in [5.41, 5.74) is 7.09. The van der Waals surface area contributed by atoms with Crippen LogP contribution >= 0.6 is 0 Å². The van der Waals surface area contributed by atoms with Crippen molar-refractivity contribution in [2.45, 2.75) is 32.7 Å². The van der Waals surface area contributed by atoms with Crippen molar-refractivity contribution in [3.63, 3.8) is 0 Å². The van der Waals surface area contributed by atoms with Crippen molar-refractivity contribution in [2.75, 3.05) is 5.32 Å². The van der Waals surface area contributed by atoms with Crippen molar-refractivity contribution < 1.29 is 0 Å². The number of rotatable bonds is 2. The maximum absolute atomic E-state index is 3.64. The zero-order valence-corrected chi connectivity index (χ0v) is 11.0. The maximum Gasteiger partial charge on any atom is 0.0375 e. The van der Waals surface area contributed by atoms with Crippen molar-refractivity contribution in [1.29, 1.82) is 0 Å². The molecule has 2 aromatic rings. The Hall–Kier alpha value is -1.76. The van der Waals surface area contributed by atoms with Crippen molar-refractivity contribution in [1.82, 2.24) is 0 Å². The molecule has 0 saturated carbocycles. The third-order valence-corrected chi connectivity index (χ3v) is 3.94. The molecule has 3 rings (SSSR count). The molecule has 1 N–H and O–H groups in total. The van der Waals surface area contributed by atoms with Gasteiger partial charge in [-0.15, -0.1) is 0 Å². The number of benzene rings is 2. The van der Waals surface area contributed by atoms with E-state index in [2.05, 4.69) is 61.6 Å². The second-order valence-corrected chi connectivity index (χ2v) is 5.28. The second kappa shape index (κ2) is 4.49. The SMILES string of the molecule is Cc1cccc(C)c1CC1Cc2ccccc2N1. The zero-order valence-electron chi connectivity index (χ0n) is 11.0. The highest BCUT2D eigenvalue weighted by molar-refractivity contribution is 5.57. The Balaban J connectivity index is 1.80. The first kappa shape index (κ1) is 11.3. The second-order valence-electron chi connectivity index (χ2n) is 5.28. The molecular formula is C17H19N. The predicted octanol–water partition coefficient (Wildman–Crippen LogP) is 3.88. The molecule has 0 saturated heterocycles. The van der Waals surface area contributed by atoms with Crippen LogP contribution in [-0.2, 0) is 12.8 Å². The van der Waals surface area contributed by atoms with Crippen LogP contribution < -0.4 is 5.32 Å². The van der Waals surface area contributed by atoms with Crippen LogP contribution in [0.3, 0.4) is 0 Å². The molecular weight excluding hydrogens is 218 g/mol. The Morgan fingerprint density at radius 3 is 2.44 bits per heavy atom. The molecule has 0 radical (unpaired) electrons. The first-order valence-corrected chi connectivity index (χ1v) is 6.63. The van der Waals surface area contributed by atoms with Crippen LogP contribution in [0.5, 0.6) is 0 Å². The van der Waals surface area contributed by atoms with Gasteiger partial charge in [-0.05, 0) is 55.0 Å². The van der Waals surface area contributed by atoms with E-state index in [9.17, 15) is 0 Å². The van der Waals surface area contributed by atoms with Gasteiger partial charge in [0.1, 0.15) is 0 Å². The lowest BCUT2D eigenvalue weighted by Gasteiger charge is -2.15. The third kappa shape index (κ3) is 2.01. The minimum absolute atomic E-state index is 0.544. The lowest BCUT2D eigenvalue weighted by atomic mass is 9.95. The topological polar surface area (TPSA) is 12.0 Å². The molecule has 92 valence electrons. The Labute approximate surface area is 109 Å². The van der Waals surface area contributed by atoms with Crippen molar-refractivity contribution in [3.8, 4) is 0 Å². The van der Waals surface area contributed by atoms with Gasteiger partial charge >= 0.3 is 0 Å². The summed E-state index contributed by atoms with van der Waals surface area (Å²) in [7, 11) is 0. The molecule has 0 amide bonds. The average molecular weight is 237 g/mol. The molecule has 1 heteroatoms. The van der Waals surface area contributed by atoms with Crippen LogP contribution in [0.2, 0.25) is 0 Å². The van der Waals surface area contributed by atoms with Gasteiger partial charge < -0.3 is 5.32 Å². The van der Waals surface area contributed by atoms with E-state index in [1.165, 1.54) is 27.9 Å². The number of para-hydroxylation sites is 1. The van der Waals surface area contributed by atoms with E-state index in [1.807, 2.05) is 0 Å². The first-order valence-electron chi connectivity index (χ1n) is 6.63. The van der Waals surface area contributed by atoms with E-state index in [4.69, 9.17) is 0 Å². The minimum atomic E-state index is 0.544. The fourth-order valence-corrected chi connectivity index (χ4v) is 2.92. The highest BCUT2D eigenvalue weighted by Crippen LogP contribution is 2.28. The van der Waals surface area contributed by atoms with E-state index in [0.29, 0.717) is 6.04 Å². The molecule has 1 unspecified atom stereocenters. The van der Waals surface area contributed by atoms with Crippen LogP contribution in [0.25, 0.3) is 0 Å². The fraction of sp³-hybridized carbons (Fsp3) is 0.294. The Kier molecular flexibility index (Phi) is 2.83. The van der Waals surface area contributed by atoms with Crippen LogP contribution in [-0.4, -0.2) is 6.04 Å². The number of hydrogen-bond acceptors (Lipinski definition) is 1. The van der Waals surface area contributed by atoms with Gasteiger partial charge in [-0.3, -0.25) is 0 Å². The van der Waals surface area contributed by atoms with Crippen molar-refractivity contribution >= 4 is 5.69 Å². The number of anilines is 1. The number of fused-ring (bicyclic) bond motifs is 1. The van der Waals surface area contributed by atoms with E-state index < -0.39 is 0 Å². The van der Waals surface area contributed by atoms with Crippen LogP contribution in [0.1, 0.15) is 22.3 Å². The number of hydrogen-bond donors (Lipinski definition) is 1. The summed E-state index contributed by atoms with van der Waals surface area (Å²) in [5.74, 6) is 0.